The lowest BCUT2D eigenvalue weighted by molar-refractivity contribution is -0.384. The molecular formula is C13H17ClN2O3. The van der Waals surface area contributed by atoms with Crippen LogP contribution in [0.3, 0.4) is 0 Å². The quantitative estimate of drug-likeness (QED) is 0.682. The Hall–Kier alpha value is -1.33. The molecule has 1 fully saturated rings. The summed E-state index contributed by atoms with van der Waals surface area (Å²) in [5.41, 5.74) is 0.564. The number of hydrogen-bond acceptors (Lipinski definition) is 4. The number of benzene rings is 1. The van der Waals surface area contributed by atoms with Crippen LogP contribution in [0.5, 0.6) is 0 Å². The molecule has 2 rings (SSSR count). The largest absolute Gasteiger partial charge is 0.396 e. The molecule has 0 amide bonds. The molecule has 0 bridgehead atoms. The monoisotopic (exact) mass is 284 g/mol. The number of nitro benzene ring substituents is 1. The maximum atomic E-state index is 11.1. The highest BCUT2D eigenvalue weighted by molar-refractivity contribution is 6.33. The molecule has 0 radical (unpaired) electrons. The van der Waals surface area contributed by atoms with E-state index in [-0.39, 0.29) is 17.3 Å². The molecular weight excluding hydrogens is 268 g/mol. The predicted octanol–water partition coefficient (Wildman–Crippen LogP) is 2.85. The topological polar surface area (TPSA) is 66.6 Å². The van der Waals surface area contributed by atoms with Gasteiger partial charge in [0.05, 0.1) is 4.92 Å². The predicted molar refractivity (Wildman–Crippen MR) is 74.7 cm³/mol. The first-order valence-electron chi connectivity index (χ1n) is 6.42. The Balaban J connectivity index is 2.26. The lowest BCUT2D eigenvalue weighted by atomic mass is 9.94. The van der Waals surface area contributed by atoms with Crippen molar-refractivity contribution in [2.24, 2.45) is 5.92 Å². The fourth-order valence-electron chi connectivity index (χ4n) is 2.64. The summed E-state index contributed by atoms with van der Waals surface area (Å²) >= 11 is 5.93. The van der Waals surface area contributed by atoms with Crippen molar-refractivity contribution in [2.45, 2.75) is 19.3 Å². The molecule has 1 heterocycles. The van der Waals surface area contributed by atoms with Gasteiger partial charge in [0.25, 0.3) is 0 Å². The Labute approximate surface area is 116 Å². The van der Waals surface area contributed by atoms with Crippen molar-refractivity contribution in [3.8, 4) is 0 Å². The molecule has 0 saturated carbocycles. The van der Waals surface area contributed by atoms with Gasteiger partial charge >= 0.3 is 5.69 Å². The van der Waals surface area contributed by atoms with Gasteiger partial charge in [0.1, 0.15) is 10.7 Å². The van der Waals surface area contributed by atoms with E-state index in [1.165, 1.54) is 0 Å². The van der Waals surface area contributed by atoms with E-state index in [0.29, 0.717) is 11.6 Å². The van der Waals surface area contributed by atoms with Crippen LogP contribution in [0.25, 0.3) is 0 Å². The second-order valence-corrected chi connectivity index (χ2v) is 5.24. The summed E-state index contributed by atoms with van der Waals surface area (Å²) in [6.45, 7) is 1.70. The molecule has 1 saturated heterocycles. The Kier molecular flexibility index (Phi) is 4.61. The zero-order valence-corrected chi connectivity index (χ0v) is 11.3. The number of anilines is 1. The Morgan fingerprint density at radius 3 is 3.00 bits per heavy atom. The summed E-state index contributed by atoms with van der Waals surface area (Å²) in [7, 11) is 0. The van der Waals surface area contributed by atoms with Crippen LogP contribution < -0.4 is 4.90 Å². The van der Waals surface area contributed by atoms with E-state index >= 15 is 0 Å². The van der Waals surface area contributed by atoms with Crippen molar-refractivity contribution in [3.63, 3.8) is 0 Å². The summed E-state index contributed by atoms with van der Waals surface area (Å²) in [5.74, 6) is 0.386. The highest BCUT2D eigenvalue weighted by atomic mass is 35.5. The molecule has 19 heavy (non-hydrogen) atoms. The van der Waals surface area contributed by atoms with Crippen LogP contribution in [-0.2, 0) is 0 Å². The second-order valence-electron chi connectivity index (χ2n) is 4.83. The van der Waals surface area contributed by atoms with E-state index in [2.05, 4.69) is 0 Å². The van der Waals surface area contributed by atoms with Crippen LogP contribution in [0.15, 0.2) is 18.2 Å². The van der Waals surface area contributed by atoms with Crippen molar-refractivity contribution in [1.29, 1.82) is 0 Å². The highest BCUT2D eigenvalue weighted by Gasteiger charge is 2.27. The molecule has 0 spiro atoms. The number of nitrogens with zero attached hydrogens (tertiary/aromatic N) is 2. The molecule has 1 aromatic rings. The zero-order chi connectivity index (χ0) is 13.8. The lowest BCUT2D eigenvalue weighted by Crippen LogP contribution is -2.36. The molecule has 1 atom stereocenters. The minimum Gasteiger partial charge on any atom is -0.396 e. The molecule has 1 aromatic carbocycles. The van der Waals surface area contributed by atoms with Crippen LogP contribution in [0.2, 0.25) is 5.02 Å². The summed E-state index contributed by atoms with van der Waals surface area (Å²) < 4.78 is 0. The molecule has 1 aliphatic rings. The van der Waals surface area contributed by atoms with Gasteiger partial charge in [-0.05, 0) is 37.3 Å². The first-order chi connectivity index (χ1) is 9.13. The Morgan fingerprint density at radius 2 is 2.32 bits per heavy atom. The van der Waals surface area contributed by atoms with E-state index in [4.69, 9.17) is 16.7 Å². The molecule has 0 aliphatic carbocycles. The summed E-state index contributed by atoms with van der Waals surface area (Å²) in [6.07, 6.45) is 2.78. The summed E-state index contributed by atoms with van der Waals surface area (Å²) in [6, 6.07) is 5.02. The average molecular weight is 285 g/mol. The minimum absolute atomic E-state index is 0.0196. The molecule has 0 aromatic heterocycles. The van der Waals surface area contributed by atoms with Crippen LogP contribution in [0.4, 0.5) is 11.4 Å². The van der Waals surface area contributed by atoms with Crippen molar-refractivity contribution in [1.82, 2.24) is 0 Å². The van der Waals surface area contributed by atoms with Gasteiger partial charge in [-0.3, -0.25) is 10.1 Å². The molecule has 1 unspecified atom stereocenters. The maximum absolute atomic E-state index is 11.1. The Morgan fingerprint density at radius 1 is 1.53 bits per heavy atom. The number of hydrogen-bond donors (Lipinski definition) is 1. The number of halogens is 1. The maximum Gasteiger partial charge on any atom is 0.310 e. The van der Waals surface area contributed by atoms with Crippen LogP contribution in [0.1, 0.15) is 19.3 Å². The number of aliphatic hydroxyl groups excluding tert-OH is 1. The fraction of sp³-hybridized carbons (Fsp3) is 0.538. The summed E-state index contributed by atoms with van der Waals surface area (Å²) in [4.78, 5) is 12.7. The second kappa shape index (κ2) is 6.21. The number of rotatable bonds is 4. The van der Waals surface area contributed by atoms with E-state index in [1.807, 2.05) is 4.90 Å². The third kappa shape index (κ3) is 3.16. The van der Waals surface area contributed by atoms with Crippen LogP contribution >= 0.6 is 11.6 Å². The number of nitro groups is 1. The van der Waals surface area contributed by atoms with E-state index in [1.54, 1.807) is 18.2 Å². The van der Waals surface area contributed by atoms with E-state index < -0.39 is 4.92 Å². The molecule has 1 aliphatic heterocycles. The lowest BCUT2D eigenvalue weighted by Gasteiger charge is -2.34. The first kappa shape index (κ1) is 14.1. The normalized spacial score (nSPS) is 19.5. The van der Waals surface area contributed by atoms with Crippen molar-refractivity contribution in [3.05, 3.63) is 33.3 Å². The minimum atomic E-state index is -0.423. The molecule has 6 heteroatoms. The standard InChI is InChI=1S/C13H17ClN2O3/c14-11-4-1-5-12(13(11)16(18)19)15-7-2-3-10(9-15)6-8-17/h1,4-5,10,17H,2-3,6-9H2. The van der Waals surface area contributed by atoms with Gasteiger partial charge in [0, 0.05) is 19.7 Å². The van der Waals surface area contributed by atoms with Crippen molar-refractivity contribution >= 4 is 23.0 Å². The van der Waals surface area contributed by atoms with Gasteiger partial charge in [-0.15, -0.1) is 0 Å². The molecule has 5 nitrogen and oxygen atoms in total. The van der Waals surface area contributed by atoms with Gasteiger partial charge in [-0.25, -0.2) is 0 Å². The van der Waals surface area contributed by atoms with Gasteiger partial charge in [0.2, 0.25) is 0 Å². The SMILES string of the molecule is O=[N+]([O-])c1c(Cl)cccc1N1CCCC(CCO)C1. The first-order valence-corrected chi connectivity index (χ1v) is 6.80. The highest BCUT2D eigenvalue weighted by Crippen LogP contribution is 2.37. The molecule has 104 valence electrons. The van der Waals surface area contributed by atoms with Gasteiger partial charge < -0.3 is 10.0 Å². The Bertz CT molecular complexity index is 465. The van der Waals surface area contributed by atoms with Crippen molar-refractivity contribution in [2.75, 3.05) is 24.6 Å². The van der Waals surface area contributed by atoms with Gasteiger partial charge in [-0.1, -0.05) is 17.7 Å². The smallest absolute Gasteiger partial charge is 0.310 e. The van der Waals surface area contributed by atoms with Crippen molar-refractivity contribution < 1.29 is 10.0 Å². The average Bonchev–Trinajstić information content (AvgIpc) is 2.38. The third-order valence-electron chi connectivity index (χ3n) is 3.55. The third-order valence-corrected chi connectivity index (χ3v) is 3.85. The van der Waals surface area contributed by atoms with Gasteiger partial charge in [0.15, 0.2) is 0 Å². The van der Waals surface area contributed by atoms with Gasteiger partial charge in [-0.2, -0.15) is 0 Å². The summed E-state index contributed by atoms with van der Waals surface area (Å²) in [5, 5.41) is 20.3. The van der Waals surface area contributed by atoms with E-state index in [0.717, 1.165) is 32.4 Å². The number of piperidine rings is 1. The zero-order valence-electron chi connectivity index (χ0n) is 10.6. The molecule has 1 N–H and O–H groups in total. The van der Waals surface area contributed by atoms with Crippen LogP contribution in [0, 0.1) is 16.0 Å². The fourth-order valence-corrected chi connectivity index (χ4v) is 2.88. The van der Waals surface area contributed by atoms with E-state index in [9.17, 15) is 10.1 Å². The number of para-hydroxylation sites is 1. The van der Waals surface area contributed by atoms with Crippen LogP contribution in [-0.4, -0.2) is 29.7 Å². The number of aliphatic hydroxyl groups is 1.